The fourth-order valence-corrected chi connectivity index (χ4v) is 2.33. The van der Waals surface area contributed by atoms with Crippen LogP contribution in [-0.4, -0.2) is 26.6 Å². The number of benzene rings is 1. The van der Waals surface area contributed by atoms with Crippen LogP contribution in [0.1, 0.15) is 18.1 Å². The summed E-state index contributed by atoms with van der Waals surface area (Å²) in [5, 5.41) is 21.5. The minimum absolute atomic E-state index is 0.512. The molecule has 2 rings (SSSR count). The van der Waals surface area contributed by atoms with Crippen LogP contribution in [0.4, 0.5) is 0 Å². The van der Waals surface area contributed by atoms with Crippen molar-refractivity contribution in [3.05, 3.63) is 42.1 Å². The number of alkyl halides is 1. The zero-order valence-corrected chi connectivity index (χ0v) is 10.8. The van der Waals surface area contributed by atoms with Gasteiger partial charge in [-0.3, -0.25) is 4.98 Å². The molecule has 2 atom stereocenters. The van der Waals surface area contributed by atoms with Crippen molar-refractivity contribution in [2.45, 2.75) is 18.6 Å². The van der Waals surface area contributed by atoms with Crippen LogP contribution in [0.15, 0.2) is 36.5 Å². The van der Waals surface area contributed by atoms with Gasteiger partial charge in [0.1, 0.15) is 6.10 Å². The molecule has 0 aliphatic rings. The Kier molecular flexibility index (Phi) is 4.10. The number of aliphatic hydroxyl groups is 2. The first-order chi connectivity index (χ1) is 8.24. The third-order valence-corrected chi connectivity index (χ3v) is 3.23. The molecular formula is C13H14BrNO2. The molecule has 1 aromatic carbocycles. The van der Waals surface area contributed by atoms with Crippen molar-refractivity contribution in [2.75, 3.05) is 5.33 Å². The van der Waals surface area contributed by atoms with Gasteiger partial charge in [-0.05, 0) is 24.1 Å². The van der Waals surface area contributed by atoms with Crippen LogP contribution in [0.2, 0.25) is 0 Å². The summed E-state index contributed by atoms with van der Waals surface area (Å²) in [6, 6.07) is 9.29. The number of hydrogen-bond donors (Lipinski definition) is 2. The molecule has 0 aliphatic carbocycles. The number of aromatic nitrogens is 1. The fraction of sp³-hybridized carbons (Fsp3) is 0.308. The summed E-state index contributed by atoms with van der Waals surface area (Å²) in [6.45, 7) is 0. The first-order valence-electron chi connectivity index (χ1n) is 5.50. The zero-order valence-electron chi connectivity index (χ0n) is 9.25. The van der Waals surface area contributed by atoms with Gasteiger partial charge < -0.3 is 10.2 Å². The maximum Gasteiger partial charge on any atom is 0.106 e. The second-order valence-electron chi connectivity index (χ2n) is 3.91. The molecule has 90 valence electrons. The molecule has 1 heterocycles. The van der Waals surface area contributed by atoms with E-state index in [0.29, 0.717) is 11.8 Å². The maximum absolute atomic E-state index is 10.1. The molecule has 3 nitrogen and oxygen atoms in total. The topological polar surface area (TPSA) is 53.4 Å². The number of pyridine rings is 1. The summed E-state index contributed by atoms with van der Waals surface area (Å²) in [7, 11) is 0. The van der Waals surface area contributed by atoms with E-state index >= 15 is 0 Å². The van der Waals surface area contributed by atoms with Crippen LogP contribution in [0, 0.1) is 0 Å². The highest BCUT2D eigenvalue weighted by Crippen LogP contribution is 2.26. The van der Waals surface area contributed by atoms with Crippen molar-refractivity contribution in [3.8, 4) is 0 Å². The maximum atomic E-state index is 10.1. The molecule has 4 heteroatoms. The highest BCUT2D eigenvalue weighted by Gasteiger charge is 2.19. The van der Waals surface area contributed by atoms with Crippen molar-refractivity contribution in [1.82, 2.24) is 4.98 Å². The Morgan fingerprint density at radius 3 is 2.76 bits per heavy atom. The Bertz CT molecular complexity index is 498. The van der Waals surface area contributed by atoms with E-state index in [1.54, 1.807) is 6.20 Å². The van der Waals surface area contributed by atoms with Gasteiger partial charge in [-0.15, -0.1) is 0 Å². The van der Waals surface area contributed by atoms with Crippen molar-refractivity contribution in [2.24, 2.45) is 0 Å². The molecule has 0 spiro atoms. The monoisotopic (exact) mass is 295 g/mol. The third kappa shape index (κ3) is 2.65. The van der Waals surface area contributed by atoms with E-state index in [1.807, 2.05) is 30.3 Å². The summed E-state index contributed by atoms with van der Waals surface area (Å²) in [6.07, 6.45) is 0.589. The van der Waals surface area contributed by atoms with Gasteiger partial charge in [0.15, 0.2) is 0 Å². The van der Waals surface area contributed by atoms with Crippen molar-refractivity contribution in [3.63, 3.8) is 0 Å². The lowest BCUT2D eigenvalue weighted by atomic mass is 9.98. The molecule has 1 aromatic heterocycles. The Hall–Kier alpha value is -0.970. The van der Waals surface area contributed by atoms with Gasteiger partial charge in [0, 0.05) is 16.9 Å². The molecule has 17 heavy (non-hydrogen) atoms. The molecule has 0 amide bonds. The first-order valence-corrected chi connectivity index (χ1v) is 6.62. The largest absolute Gasteiger partial charge is 0.390 e. The lowest BCUT2D eigenvalue weighted by molar-refractivity contribution is 0.0182. The lowest BCUT2D eigenvalue weighted by Gasteiger charge is -2.18. The summed E-state index contributed by atoms with van der Waals surface area (Å²) in [4.78, 5) is 4.23. The fourth-order valence-electron chi connectivity index (χ4n) is 1.86. The summed E-state index contributed by atoms with van der Waals surface area (Å²) >= 11 is 3.26. The number of rotatable bonds is 4. The Morgan fingerprint density at radius 2 is 2.00 bits per heavy atom. The van der Waals surface area contributed by atoms with Crippen LogP contribution in [0.3, 0.4) is 0 Å². The molecule has 2 aromatic rings. The molecule has 0 saturated carbocycles. The number of hydrogen-bond acceptors (Lipinski definition) is 3. The number of fused-ring (bicyclic) bond motifs is 1. The highest BCUT2D eigenvalue weighted by atomic mass is 79.9. The van der Waals surface area contributed by atoms with E-state index in [4.69, 9.17) is 0 Å². The van der Waals surface area contributed by atoms with Gasteiger partial charge in [-0.25, -0.2) is 0 Å². The second-order valence-corrected chi connectivity index (χ2v) is 4.70. The van der Waals surface area contributed by atoms with E-state index in [9.17, 15) is 10.2 Å². The third-order valence-electron chi connectivity index (χ3n) is 2.77. The minimum Gasteiger partial charge on any atom is -0.390 e. The molecule has 0 bridgehead atoms. The standard InChI is InChI=1S/C13H14BrNO2/c14-7-6-12(16)13(17)10-3-1-5-11-9(10)4-2-8-15-11/h1-5,8,12-13,16-17H,6-7H2. The van der Waals surface area contributed by atoms with E-state index < -0.39 is 12.2 Å². The first kappa shape index (κ1) is 12.5. The van der Waals surface area contributed by atoms with Crippen molar-refractivity contribution < 1.29 is 10.2 Å². The Balaban J connectivity index is 2.41. The molecule has 0 fully saturated rings. The van der Waals surface area contributed by atoms with Crippen LogP contribution in [-0.2, 0) is 0 Å². The van der Waals surface area contributed by atoms with E-state index in [0.717, 1.165) is 16.5 Å². The van der Waals surface area contributed by atoms with Crippen LogP contribution >= 0.6 is 15.9 Å². The average Bonchev–Trinajstić information content (AvgIpc) is 2.37. The Labute approximate surface area is 108 Å². The van der Waals surface area contributed by atoms with Gasteiger partial charge in [-0.2, -0.15) is 0 Å². The normalized spacial score (nSPS) is 14.8. The van der Waals surface area contributed by atoms with Gasteiger partial charge >= 0.3 is 0 Å². The number of nitrogens with zero attached hydrogens (tertiary/aromatic N) is 1. The van der Waals surface area contributed by atoms with Gasteiger partial charge in [0.25, 0.3) is 0 Å². The van der Waals surface area contributed by atoms with E-state index in [-0.39, 0.29) is 0 Å². The molecule has 2 unspecified atom stereocenters. The van der Waals surface area contributed by atoms with Crippen molar-refractivity contribution >= 4 is 26.8 Å². The van der Waals surface area contributed by atoms with E-state index in [1.165, 1.54) is 0 Å². The SMILES string of the molecule is OC(CCBr)C(O)c1cccc2ncccc12. The summed E-state index contributed by atoms with van der Waals surface area (Å²) in [5.41, 5.74) is 1.55. The summed E-state index contributed by atoms with van der Waals surface area (Å²) < 4.78 is 0. The molecule has 0 saturated heterocycles. The second kappa shape index (κ2) is 5.58. The minimum atomic E-state index is -0.875. The molecule has 2 N–H and O–H groups in total. The Morgan fingerprint density at radius 1 is 1.18 bits per heavy atom. The smallest absolute Gasteiger partial charge is 0.106 e. The van der Waals surface area contributed by atoms with Crippen LogP contribution in [0.25, 0.3) is 10.9 Å². The average molecular weight is 296 g/mol. The molecule has 0 aliphatic heterocycles. The molecular weight excluding hydrogens is 282 g/mol. The van der Waals surface area contributed by atoms with Crippen LogP contribution in [0.5, 0.6) is 0 Å². The predicted octanol–water partition coefficient (Wildman–Crippen LogP) is 2.41. The van der Waals surface area contributed by atoms with Gasteiger partial charge in [0.2, 0.25) is 0 Å². The lowest BCUT2D eigenvalue weighted by Crippen LogP contribution is -2.18. The number of aliphatic hydroxyl groups excluding tert-OH is 2. The van der Waals surface area contributed by atoms with Gasteiger partial charge in [-0.1, -0.05) is 34.1 Å². The van der Waals surface area contributed by atoms with Crippen molar-refractivity contribution in [1.29, 1.82) is 0 Å². The summed E-state index contributed by atoms with van der Waals surface area (Å²) in [5.74, 6) is 0. The quantitative estimate of drug-likeness (QED) is 0.852. The molecule has 0 radical (unpaired) electrons. The van der Waals surface area contributed by atoms with Gasteiger partial charge in [0.05, 0.1) is 11.6 Å². The zero-order chi connectivity index (χ0) is 12.3. The number of halogens is 1. The highest BCUT2D eigenvalue weighted by molar-refractivity contribution is 9.09. The van der Waals surface area contributed by atoms with E-state index in [2.05, 4.69) is 20.9 Å². The van der Waals surface area contributed by atoms with Crippen LogP contribution < -0.4 is 0 Å². The predicted molar refractivity (Wildman–Crippen MR) is 71.1 cm³/mol.